The molecule has 0 aliphatic carbocycles. The highest BCUT2D eigenvalue weighted by Gasteiger charge is 2.29. The smallest absolute Gasteiger partial charge is 0.308 e. The Morgan fingerprint density at radius 3 is 2.67 bits per heavy atom. The molecule has 1 aromatic carbocycles. The van der Waals surface area contributed by atoms with Crippen molar-refractivity contribution < 1.29 is 28.7 Å². The van der Waals surface area contributed by atoms with Gasteiger partial charge in [-0.1, -0.05) is 0 Å². The van der Waals surface area contributed by atoms with Crippen LogP contribution in [0.4, 0.5) is 10.1 Å². The van der Waals surface area contributed by atoms with E-state index in [1.165, 1.54) is 35.9 Å². The number of hydrogen-bond acceptors (Lipinski definition) is 4. The van der Waals surface area contributed by atoms with Gasteiger partial charge < -0.3 is 20.2 Å². The zero-order valence-corrected chi connectivity index (χ0v) is 15.2. The number of anilines is 1. The average molecular weight is 379 g/mol. The van der Waals surface area contributed by atoms with Gasteiger partial charge in [-0.2, -0.15) is 0 Å². The van der Waals surface area contributed by atoms with Crippen LogP contribution in [0.25, 0.3) is 0 Å². The van der Waals surface area contributed by atoms with Crippen molar-refractivity contribution in [1.82, 2.24) is 9.80 Å². The first-order valence-electron chi connectivity index (χ1n) is 8.52. The third-order valence-corrected chi connectivity index (χ3v) is 4.37. The standard InChI is InChI=1S/C18H22FN3O5/c1-11(23)20-15-8-12(5-6-14(15)19)17(25)21(2)10-16(24)22-7-3-4-13(9-22)18(26)27/h5-6,8,13H,3-4,7,9-10H2,1-2H3,(H,20,23)(H,26,27). The third-order valence-electron chi connectivity index (χ3n) is 4.37. The van der Waals surface area contributed by atoms with Crippen molar-refractivity contribution in [2.24, 2.45) is 5.92 Å². The van der Waals surface area contributed by atoms with E-state index in [0.29, 0.717) is 19.4 Å². The third kappa shape index (κ3) is 5.25. The topological polar surface area (TPSA) is 107 Å². The Morgan fingerprint density at radius 2 is 2.04 bits per heavy atom. The van der Waals surface area contributed by atoms with Crippen molar-refractivity contribution in [3.05, 3.63) is 29.6 Å². The first-order chi connectivity index (χ1) is 12.7. The number of carbonyl (C=O) groups is 4. The van der Waals surface area contributed by atoms with Crippen LogP contribution in [0.5, 0.6) is 0 Å². The molecule has 3 amide bonds. The predicted octanol–water partition coefficient (Wildman–Crippen LogP) is 1.18. The number of aliphatic carboxylic acids is 1. The van der Waals surface area contributed by atoms with Gasteiger partial charge in [-0.15, -0.1) is 0 Å². The van der Waals surface area contributed by atoms with E-state index in [1.807, 2.05) is 0 Å². The molecule has 27 heavy (non-hydrogen) atoms. The molecule has 1 aliphatic rings. The molecular weight excluding hydrogens is 357 g/mol. The number of nitrogens with zero attached hydrogens (tertiary/aromatic N) is 2. The van der Waals surface area contributed by atoms with Crippen molar-refractivity contribution in [3.8, 4) is 0 Å². The van der Waals surface area contributed by atoms with E-state index in [4.69, 9.17) is 5.11 Å². The normalized spacial score (nSPS) is 16.6. The summed E-state index contributed by atoms with van der Waals surface area (Å²) in [7, 11) is 1.43. The second-order valence-corrected chi connectivity index (χ2v) is 6.55. The number of nitrogens with one attached hydrogen (secondary N) is 1. The molecule has 1 heterocycles. The molecule has 0 saturated carbocycles. The summed E-state index contributed by atoms with van der Waals surface area (Å²) in [5, 5.41) is 11.4. The Bertz CT molecular complexity index is 767. The van der Waals surface area contributed by atoms with Gasteiger partial charge in [0.2, 0.25) is 11.8 Å². The Hall–Kier alpha value is -2.97. The number of halogens is 1. The van der Waals surface area contributed by atoms with Crippen molar-refractivity contribution in [1.29, 1.82) is 0 Å². The molecule has 1 atom stereocenters. The van der Waals surface area contributed by atoms with E-state index in [1.54, 1.807) is 0 Å². The van der Waals surface area contributed by atoms with E-state index in [2.05, 4.69) is 5.32 Å². The highest BCUT2D eigenvalue weighted by molar-refractivity contribution is 5.98. The number of amides is 3. The first-order valence-corrected chi connectivity index (χ1v) is 8.52. The summed E-state index contributed by atoms with van der Waals surface area (Å²) in [6.45, 7) is 1.58. The highest BCUT2D eigenvalue weighted by atomic mass is 19.1. The van der Waals surface area contributed by atoms with E-state index >= 15 is 0 Å². The van der Waals surface area contributed by atoms with Crippen molar-refractivity contribution >= 4 is 29.4 Å². The van der Waals surface area contributed by atoms with Gasteiger partial charge >= 0.3 is 5.97 Å². The number of rotatable bonds is 5. The fourth-order valence-electron chi connectivity index (χ4n) is 2.94. The molecule has 146 valence electrons. The highest BCUT2D eigenvalue weighted by Crippen LogP contribution is 2.19. The van der Waals surface area contributed by atoms with Crippen LogP contribution in [0.2, 0.25) is 0 Å². The zero-order valence-electron chi connectivity index (χ0n) is 15.2. The number of piperidine rings is 1. The zero-order chi connectivity index (χ0) is 20.1. The van der Waals surface area contributed by atoms with Gasteiger partial charge in [-0.25, -0.2) is 4.39 Å². The van der Waals surface area contributed by atoms with Gasteiger partial charge in [0.15, 0.2) is 0 Å². The molecule has 2 N–H and O–H groups in total. The monoisotopic (exact) mass is 379 g/mol. The minimum atomic E-state index is -0.936. The van der Waals surface area contributed by atoms with Gasteiger partial charge in [-0.05, 0) is 31.0 Å². The molecule has 1 unspecified atom stereocenters. The lowest BCUT2D eigenvalue weighted by Gasteiger charge is -2.32. The van der Waals surface area contributed by atoms with Crippen LogP contribution in [0.1, 0.15) is 30.1 Å². The van der Waals surface area contributed by atoms with Crippen LogP contribution >= 0.6 is 0 Å². The second-order valence-electron chi connectivity index (χ2n) is 6.55. The largest absolute Gasteiger partial charge is 0.481 e. The molecule has 2 rings (SSSR count). The molecular formula is C18H22FN3O5. The van der Waals surface area contributed by atoms with Gasteiger partial charge in [0.25, 0.3) is 5.91 Å². The van der Waals surface area contributed by atoms with E-state index in [9.17, 15) is 23.6 Å². The molecule has 0 radical (unpaired) electrons. The molecule has 1 fully saturated rings. The summed E-state index contributed by atoms with van der Waals surface area (Å²) in [4.78, 5) is 49.8. The van der Waals surface area contributed by atoms with Gasteiger partial charge in [0.05, 0.1) is 18.2 Å². The molecule has 0 spiro atoms. The lowest BCUT2D eigenvalue weighted by atomic mass is 9.98. The Labute approximate surface area is 155 Å². The van der Waals surface area contributed by atoms with Gasteiger partial charge in [0.1, 0.15) is 5.82 Å². The minimum Gasteiger partial charge on any atom is -0.481 e. The summed E-state index contributed by atoms with van der Waals surface area (Å²) in [6.07, 6.45) is 1.12. The molecule has 0 aromatic heterocycles. The number of hydrogen-bond donors (Lipinski definition) is 2. The molecule has 1 saturated heterocycles. The summed E-state index contributed by atoms with van der Waals surface area (Å²) in [5.74, 6) is -3.54. The van der Waals surface area contributed by atoms with E-state index in [-0.39, 0.29) is 30.2 Å². The number of carboxylic acids is 1. The molecule has 1 aromatic rings. The second kappa shape index (κ2) is 8.61. The molecule has 1 aliphatic heterocycles. The summed E-state index contributed by atoms with van der Waals surface area (Å²) < 4.78 is 13.7. The van der Waals surface area contributed by atoms with Crippen molar-refractivity contribution in [2.45, 2.75) is 19.8 Å². The number of likely N-dealkylation sites (N-methyl/N-ethyl adjacent to an activating group) is 1. The van der Waals surface area contributed by atoms with Crippen LogP contribution < -0.4 is 5.32 Å². The Balaban J connectivity index is 2.03. The van der Waals surface area contributed by atoms with Crippen molar-refractivity contribution in [3.63, 3.8) is 0 Å². The fraction of sp³-hybridized carbons (Fsp3) is 0.444. The molecule has 8 nitrogen and oxygen atoms in total. The maximum Gasteiger partial charge on any atom is 0.308 e. The SMILES string of the molecule is CC(=O)Nc1cc(C(=O)N(C)CC(=O)N2CCCC(C(=O)O)C2)ccc1F. The lowest BCUT2D eigenvalue weighted by molar-refractivity contribution is -0.145. The first kappa shape index (κ1) is 20.3. The summed E-state index contributed by atoms with van der Waals surface area (Å²) >= 11 is 0. The fourth-order valence-corrected chi connectivity index (χ4v) is 2.94. The predicted molar refractivity (Wildman–Crippen MR) is 94.6 cm³/mol. The maximum atomic E-state index is 13.7. The Kier molecular flexibility index (Phi) is 6.49. The van der Waals surface area contributed by atoms with E-state index in [0.717, 1.165) is 6.07 Å². The van der Waals surface area contributed by atoms with Crippen molar-refractivity contribution in [2.75, 3.05) is 32.0 Å². The number of likely N-dealkylation sites (tertiary alicyclic amines) is 1. The van der Waals surface area contributed by atoms with Crippen LogP contribution in [-0.2, 0) is 14.4 Å². The number of carbonyl (C=O) groups excluding carboxylic acids is 3. The molecule has 0 bridgehead atoms. The lowest BCUT2D eigenvalue weighted by Crippen LogP contribution is -2.46. The van der Waals surface area contributed by atoms with Gasteiger partial charge in [-0.3, -0.25) is 19.2 Å². The Morgan fingerprint density at radius 1 is 1.33 bits per heavy atom. The minimum absolute atomic E-state index is 0.117. The number of benzene rings is 1. The summed E-state index contributed by atoms with van der Waals surface area (Å²) in [5.41, 5.74) is 0.00548. The van der Waals surface area contributed by atoms with Crippen LogP contribution in [0.15, 0.2) is 18.2 Å². The van der Waals surface area contributed by atoms with Crippen LogP contribution in [0.3, 0.4) is 0 Å². The van der Waals surface area contributed by atoms with Crippen LogP contribution in [0, 0.1) is 11.7 Å². The number of carboxylic acid groups (broad SMARTS) is 1. The quantitative estimate of drug-likeness (QED) is 0.799. The van der Waals surface area contributed by atoms with Gasteiger partial charge in [0, 0.05) is 32.6 Å². The maximum absolute atomic E-state index is 13.7. The summed E-state index contributed by atoms with van der Waals surface area (Å²) in [6, 6.07) is 3.54. The van der Waals surface area contributed by atoms with Crippen LogP contribution in [-0.4, -0.2) is 65.3 Å². The molecule has 9 heteroatoms. The average Bonchev–Trinajstić information content (AvgIpc) is 2.62. The van der Waals surface area contributed by atoms with E-state index < -0.39 is 29.5 Å².